The predicted molar refractivity (Wildman–Crippen MR) is 66.9 cm³/mol. The van der Waals surface area contributed by atoms with E-state index in [2.05, 4.69) is 15.5 Å². The summed E-state index contributed by atoms with van der Waals surface area (Å²) in [6.45, 7) is 2.72. The van der Waals surface area contributed by atoms with Crippen LogP contribution in [-0.2, 0) is 6.54 Å². The van der Waals surface area contributed by atoms with Crippen LogP contribution in [0, 0.1) is 6.92 Å². The lowest BCUT2D eigenvalue weighted by Crippen LogP contribution is -2.00. The molecule has 3 rings (SSSR count). The Labute approximate surface area is 98.6 Å². The molecule has 0 radical (unpaired) electrons. The third-order valence-electron chi connectivity index (χ3n) is 2.88. The number of hydrogen-bond donors (Lipinski definition) is 2. The summed E-state index contributed by atoms with van der Waals surface area (Å²) in [7, 11) is 0. The van der Waals surface area contributed by atoms with Gasteiger partial charge in [-0.2, -0.15) is 5.10 Å². The van der Waals surface area contributed by atoms with E-state index in [9.17, 15) is 0 Å². The third-order valence-corrected chi connectivity index (χ3v) is 2.88. The molecule has 4 heteroatoms. The number of rotatable bonds is 3. The van der Waals surface area contributed by atoms with Gasteiger partial charge in [-0.3, -0.25) is 5.10 Å². The van der Waals surface area contributed by atoms with E-state index in [1.165, 1.54) is 0 Å². The number of aromatic nitrogens is 2. The molecular formula is C13H13N3O. The number of furan rings is 1. The molecule has 0 unspecified atom stereocenters. The molecule has 1 aromatic carbocycles. The number of para-hydroxylation sites is 1. The molecule has 2 heterocycles. The van der Waals surface area contributed by atoms with Crippen molar-refractivity contribution in [2.75, 3.05) is 5.32 Å². The maximum absolute atomic E-state index is 5.39. The van der Waals surface area contributed by atoms with Gasteiger partial charge in [0.1, 0.15) is 5.76 Å². The number of nitrogens with zero attached hydrogens (tertiary/aromatic N) is 1. The molecule has 3 aromatic rings. The Balaban J connectivity index is 1.86. The number of hydrogen-bond acceptors (Lipinski definition) is 3. The average Bonchev–Trinajstić information content (AvgIpc) is 2.95. The molecule has 0 fully saturated rings. The minimum absolute atomic E-state index is 0.678. The summed E-state index contributed by atoms with van der Waals surface area (Å²) in [5.41, 5.74) is 3.22. The topological polar surface area (TPSA) is 53.9 Å². The standard InChI is InChI=1S/C13H13N3O/c1-9-5-6-17-12(9)8-14-11-4-2-3-10-7-15-16-13(10)11/h2-7,14H,8H2,1H3,(H,15,16). The molecule has 0 aliphatic carbocycles. The Morgan fingerprint density at radius 1 is 1.35 bits per heavy atom. The molecule has 86 valence electrons. The van der Waals surface area contributed by atoms with Crippen molar-refractivity contribution in [3.05, 3.63) is 48.0 Å². The fraction of sp³-hybridized carbons (Fsp3) is 0.154. The zero-order valence-electron chi connectivity index (χ0n) is 9.53. The Kier molecular flexibility index (Phi) is 2.33. The first-order chi connectivity index (χ1) is 8.34. The predicted octanol–water partition coefficient (Wildman–Crippen LogP) is 3.08. The highest BCUT2D eigenvalue weighted by Crippen LogP contribution is 2.21. The quantitative estimate of drug-likeness (QED) is 0.723. The number of fused-ring (bicyclic) bond motifs is 1. The molecule has 0 saturated heterocycles. The molecule has 0 amide bonds. The first-order valence-corrected chi connectivity index (χ1v) is 5.53. The van der Waals surface area contributed by atoms with Crippen molar-refractivity contribution in [1.29, 1.82) is 0 Å². The first-order valence-electron chi connectivity index (χ1n) is 5.53. The zero-order valence-corrected chi connectivity index (χ0v) is 9.53. The fourth-order valence-corrected chi connectivity index (χ4v) is 1.88. The third kappa shape index (κ3) is 1.78. The van der Waals surface area contributed by atoms with Gasteiger partial charge < -0.3 is 9.73 Å². The Bertz CT molecular complexity index is 639. The van der Waals surface area contributed by atoms with Gasteiger partial charge in [0.15, 0.2) is 0 Å². The summed E-state index contributed by atoms with van der Waals surface area (Å²) >= 11 is 0. The van der Waals surface area contributed by atoms with Crippen LogP contribution in [0.4, 0.5) is 5.69 Å². The Morgan fingerprint density at radius 2 is 2.29 bits per heavy atom. The van der Waals surface area contributed by atoms with Crippen LogP contribution >= 0.6 is 0 Å². The second-order valence-electron chi connectivity index (χ2n) is 4.02. The van der Waals surface area contributed by atoms with Crippen molar-refractivity contribution in [2.24, 2.45) is 0 Å². The van der Waals surface area contributed by atoms with Crippen molar-refractivity contribution in [1.82, 2.24) is 10.2 Å². The number of aryl methyl sites for hydroxylation is 1. The average molecular weight is 227 g/mol. The molecule has 0 spiro atoms. The highest BCUT2D eigenvalue weighted by molar-refractivity contribution is 5.89. The summed E-state index contributed by atoms with van der Waals surface area (Å²) in [4.78, 5) is 0. The van der Waals surface area contributed by atoms with Crippen molar-refractivity contribution in [2.45, 2.75) is 13.5 Å². The zero-order chi connectivity index (χ0) is 11.7. The van der Waals surface area contributed by atoms with Crippen LogP contribution < -0.4 is 5.32 Å². The van der Waals surface area contributed by atoms with Gasteiger partial charge in [-0.05, 0) is 24.6 Å². The van der Waals surface area contributed by atoms with Crippen LogP contribution in [0.1, 0.15) is 11.3 Å². The van der Waals surface area contributed by atoms with E-state index >= 15 is 0 Å². The molecule has 2 N–H and O–H groups in total. The Hall–Kier alpha value is -2.23. The maximum atomic E-state index is 5.39. The van der Waals surface area contributed by atoms with Crippen molar-refractivity contribution in [3.8, 4) is 0 Å². The van der Waals surface area contributed by atoms with E-state index in [0.29, 0.717) is 6.54 Å². The van der Waals surface area contributed by atoms with E-state index in [1.54, 1.807) is 6.26 Å². The summed E-state index contributed by atoms with van der Waals surface area (Å²) in [5, 5.41) is 11.5. The molecule has 0 atom stereocenters. The van der Waals surface area contributed by atoms with Crippen LogP contribution in [-0.4, -0.2) is 10.2 Å². The Morgan fingerprint density at radius 3 is 3.12 bits per heavy atom. The van der Waals surface area contributed by atoms with Gasteiger partial charge in [0.25, 0.3) is 0 Å². The minimum atomic E-state index is 0.678. The second kappa shape index (κ2) is 3.97. The monoisotopic (exact) mass is 227 g/mol. The van der Waals surface area contributed by atoms with Crippen molar-refractivity contribution >= 4 is 16.6 Å². The highest BCUT2D eigenvalue weighted by atomic mass is 16.3. The van der Waals surface area contributed by atoms with Gasteiger partial charge in [-0.15, -0.1) is 0 Å². The molecule has 2 aromatic heterocycles. The normalized spacial score (nSPS) is 10.9. The number of anilines is 1. The van der Waals surface area contributed by atoms with E-state index in [1.807, 2.05) is 37.4 Å². The van der Waals surface area contributed by atoms with Crippen LogP contribution in [0.25, 0.3) is 10.9 Å². The SMILES string of the molecule is Cc1ccoc1CNc1cccc2cn[nH]c12. The van der Waals surface area contributed by atoms with E-state index in [4.69, 9.17) is 4.42 Å². The molecule has 0 bridgehead atoms. The van der Waals surface area contributed by atoms with Gasteiger partial charge in [0.05, 0.1) is 30.2 Å². The van der Waals surface area contributed by atoms with Gasteiger partial charge in [-0.1, -0.05) is 12.1 Å². The summed E-state index contributed by atoms with van der Waals surface area (Å²) in [6.07, 6.45) is 3.53. The van der Waals surface area contributed by atoms with Crippen molar-refractivity contribution in [3.63, 3.8) is 0 Å². The molecule has 0 aliphatic heterocycles. The summed E-state index contributed by atoms with van der Waals surface area (Å²) in [6, 6.07) is 8.03. The van der Waals surface area contributed by atoms with Crippen LogP contribution in [0.15, 0.2) is 41.1 Å². The van der Waals surface area contributed by atoms with Crippen molar-refractivity contribution < 1.29 is 4.42 Å². The van der Waals surface area contributed by atoms with Crippen LogP contribution in [0.3, 0.4) is 0 Å². The van der Waals surface area contributed by atoms with E-state index in [-0.39, 0.29) is 0 Å². The number of H-pyrrole nitrogens is 1. The van der Waals surface area contributed by atoms with Crippen LogP contribution in [0.5, 0.6) is 0 Å². The van der Waals surface area contributed by atoms with E-state index in [0.717, 1.165) is 27.9 Å². The lowest BCUT2D eigenvalue weighted by Gasteiger charge is -2.06. The number of aromatic amines is 1. The van der Waals surface area contributed by atoms with Gasteiger partial charge >= 0.3 is 0 Å². The van der Waals surface area contributed by atoms with Crippen LogP contribution in [0.2, 0.25) is 0 Å². The molecule has 0 aliphatic rings. The second-order valence-corrected chi connectivity index (χ2v) is 4.02. The number of benzene rings is 1. The smallest absolute Gasteiger partial charge is 0.125 e. The van der Waals surface area contributed by atoms with E-state index < -0.39 is 0 Å². The summed E-state index contributed by atoms with van der Waals surface area (Å²) < 4.78 is 5.39. The highest BCUT2D eigenvalue weighted by Gasteiger charge is 2.04. The summed E-state index contributed by atoms with van der Waals surface area (Å²) in [5.74, 6) is 0.960. The largest absolute Gasteiger partial charge is 0.467 e. The first kappa shape index (κ1) is 9.96. The molecule has 4 nitrogen and oxygen atoms in total. The lowest BCUT2D eigenvalue weighted by molar-refractivity contribution is 0.515. The molecular weight excluding hydrogens is 214 g/mol. The van der Waals surface area contributed by atoms with Gasteiger partial charge in [0, 0.05) is 5.39 Å². The fourth-order valence-electron chi connectivity index (χ4n) is 1.88. The number of nitrogens with one attached hydrogen (secondary N) is 2. The van der Waals surface area contributed by atoms with Gasteiger partial charge in [0.2, 0.25) is 0 Å². The molecule has 17 heavy (non-hydrogen) atoms. The minimum Gasteiger partial charge on any atom is -0.467 e. The maximum Gasteiger partial charge on any atom is 0.125 e. The van der Waals surface area contributed by atoms with Gasteiger partial charge in [-0.25, -0.2) is 0 Å². The molecule has 0 saturated carbocycles. The lowest BCUT2D eigenvalue weighted by atomic mass is 10.2.